The highest BCUT2D eigenvalue weighted by Gasteiger charge is 2.18. The minimum atomic E-state index is 0.598. The van der Waals surface area contributed by atoms with Crippen LogP contribution in [-0.4, -0.2) is 55.2 Å². The van der Waals surface area contributed by atoms with E-state index in [1.165, 1.54) is 0 Å². The Labute approximate surface area is 140 Å². The summed E-state index contributed by atoms with van der Waals surface area (Å²) in [5.41, 5.74) is 6.57. The van der Waals surface area contributed by atoms with Crippen LogP contribution in [-0.2, 0) is 0 Å². The Kier molecular flexibility index (Phi) is 4.88. The number of methoxy groups -OCH3 is 1. The number of ether oxygens (including phenoxy) is 1. The largest absolute Gasteiger partial charge is 0.480 e. The lowest BCUT2D eigenvalue weighted by atomic mass is 10.3. The van der Waals surface area contributed by atoms with Gasteiger partial charge in [-0.1, -0.05) is 17.8 Å². The van der Waals surface area contributed by atoms with Crippen molar-refractivity contribution in [1.29, 1.82) is 0 Å². The van der Waals surface area contributed by atoms with E-state index in [2.05, 4.69) is 26.8 Å². The van der Waals surface area contributed by atoms with E-state index in [1.807, 2.05) is 30.5 Å². The second kappa shape index (κ2) is 7.06. The number of likely N-dealkylation sites (N-methyl/N-ethyl adjacent to an activating group) is 1. The Bertz CT molecular complexity index is 673. The molecule has 1 aliphatic rings. The number of rotatable bonds is 4. The monoisotopic (exact) mass is 331 g/mol. The maximum atomic E-state index is 5.83. The molecule has 1 aliphatic heterocycles. The molecule has 0 radical (unpaired) electrons. The van der Waals surface area contributed by atoms with Crippen LogP contribution in [0.25, 0.3) is 0 Å². The lowest BCUT2D eigenvalue weighted by molar-refractivity contribution is 0.310. The number of aromatic nitrogens is 2. The molecule has 1 saturated heterocycles. The number of hydrogen-bond acceptors (Lipinski definition) is 7. The van der Waals surface area contributed by atoms with Crippen molar-refractivity contribution < 1.29 is 4.74 Å². The van der Waals surface area contributed by atoms with Gasteiger partial charge in [0.2, 0.25) is 11.8 Å². The van der Waals surface area contributed by atoms with Gasteiger partial charge in [0.05, 0.1) is 18.2 Å². The smallest absolute Gasteiger partial charge is 0.232 e. The molecular formula is C16H21N5OS. The molecule has 122 valence electrons. The highest BCUT2D eigenvalue weighted by molar-refractivity contribution is 7.99. The van der Waals surface area contributed by atoms with Crippen molar-refractivity contribution in [1.82, 2.24) is 14.9 Å². The van der Waals surface area contributed by atoms with Crippen LogP contribution in [0.3, 0.4) is 0 Å². The summed E-state index contributed by atoms with van der Waals surface area (Å²) in [4.78, 5) is 15.5. The highest BCUT2D eigenvalue weighted by atomic mass is 32.2. The van der Waals surface area contributed by atoms with E-state index >= 15 is 0 Å². The molecule has 3 rings (SSSR count). The van der Waals surface area contributed by atoms with Crippen molar-refractivity contribution >= 4 is 23.4 Å². The average molecular weight is 331 g/mol. The van der Waals surface area contributed by atoms with Gasteiger partial charge in [-0.15, -0.1) is 0 Å². The maximum Gasteiger partial charge on any atom is 0.232 e. The summed E-state index contributed by atoms with van der Waals surface area (Å²) in [6.45, 7) is 3.90. The number of hydrogen-bond donors (Lipinski definition) is 1. The predicted octanol–water partition coefficient (Wildman–Crippen LogP) is 1.97. The van der Waals surface area contributed by atoms with Crippen molar-refractivity contribution in [2.45, 2.75) is 9.79 Å². The van der Waals surface area contributed by atoms with Crippen molar-refractivity contribution in [2.24, 2.45) is 0 Å². The zero-order valence-electron chi connectivity index (χ0n) is 13.4. The summed E-state index contributed by atoms with van der Waals surface area (Å²) in [6, 6.07) is 7.74. The summed E-state index contributed by atoms with van der Waals surface area (Å²) in [5, 5.41) is 0. The van der Waals surface area contributed by atoms with Crippen LogP contribution in [0.5, 0.6) is 5.88 Å². The molecule has 1 aromatic carbocycles. The Balaban J connectivity index is 1.79. The number of nitrogen functional groups attached to an aromatic ring is 1. The first-order valence-corrected chi connectivity index (χ1v) is 8.35. The molecule has 6 nitrogen and oxygen atoms in total. The van der Waals surface area contributed by atoms with Crippen LogP contribution in [0.2, 0.25) is 0 Å². The van der Waals surface area contributed by atoms with Gasteiger partial charge in [-0.25, -0.2) is 4.98 Å². The fourth-order valence-corrected chi connectivity index (χ4v) is 3.34. The molecule has 0 spiro atoms. The molecular weight excluding hydrogens is 310 g/mol. The molecule has 1 aromatic heterocycles. The first-order valence-electron chi connectivity index (χ1n) is 7.53. The fourth-order valence-electron chi connectivity index (χ4n) is 2.43. The van der Waals surface area contributed by atoms with Crippen molar-refractivity contribution in [3.8, 4) is 5.88 Å². The lowest BCUT2D eigenvalue weighted by Gasteiger charge is -2.32. The second-order valence-electron chi connectivity index (χ2n) is 5.51. The standard InChI is InChI=1S/C16H21N5OS/c1-20-6-8-21(9-7-20)16-18-11-14(15(19-16)22-2)23-13-5-3-4-12(17)10-13/h3-5,10-11H,6-9,17H2,1-2H3. The molecule has 0 aliphatic carbocycles. The van der Waals surface area contributed by atoms with Gasteiger partial charge >= 0.3 is 0 Å². The van der Waals surface area contributed by atoms with Crippen molar-refractivity contribution in [3.05, 3.63) is 30.5 Å². The van der Waals surface area contributed by atoms with Crippen LogP contribution in [0.1, 0.15) is 0 Å². The summed E-state index contributed by atoms with van der Waals surface area (Å²) in [6.07, 6.45) is 1.83. The van der Waals surface area contributed by atoms with Crippen LogP contribution in [0, 0.1) is 0 Å². The topological polar surface area (TPSA) is 67.5 Å². The quantitative estimate of drug-likeness (QED) is 0.859. The third-order valence-electron chi connectivity index (χ3n) is 3.77. The third-order valence-corrected chi connectivity index (χ3v) is 4.76. The summed E-state index contributed by atoms with van der Waals surface area (Å²) in [7, 11) is 3.77. The normalized spacial score (nSPS) is 15.7. The van der Waals surface area contributed by atoms with Gasteiger partial charge in [0.1, 0.15) is 0 Å². The van der Waals surface area contributed by atoms with E-state index in [1.54, 1.807) is 18.9 Å². The van der Waals surface area contributed by atoms with Crippen LogP contribution < -0.4 is 15.4 Å². The Morgan fingerprint density at radius 3 is 2.70 bits per heavy atom. The Morgan fingerprint density at radius 1 is 1.22 bits per heavy atom. The molecule has 23 heavy (non-hydrogen) atoms. The molecule has 2 heterocycles. The van der Waals surface area contributed by atoms with Gasteiger partial charge in [0.25, 0.3) is 0 Å². The van der Waals surface area contributed by atoms with Crippen molar-refractivity contribution in [3.63, 3.8) is 0 Å². The SMILES string of the molecule is COc1nc(N2CCN(C)CC2)ncc1Sc1cccc(N)c1. The van der Waals surface area contributed by atoms with Crippen LogP contribution in [0.15, 0.2) is 40.3 Å². The molecule has 0 unspecified atom stereocenters. The van der Waals surface area contributed by atoms with E-state index in [0.29, 0.717) is 5.88 Å². The minimum Gasteiger partial charge on any atom is -0.480 e. The third kappa shape index (κ3) is 3.86. The number of piperazine rings is 1. The van der Waals surface area contributed by atoms with Crippen LogP contribution in [0.4, 0.5) is 11.6 Å². The molecule has 2 aromatic rings. The first-order chi connectivity index (χ1) is 11.2. The van der Waals surface area contributed by atoms with Gasteiger partial charge in [0.15, 0.2) is 0 Å². The summed E-state index contributed by atoms with van der Waals surface area (Å²) in [5.74, 6) is 1.33. The lowest BCUT2D eigenvalue weighted by Crippen LogP contribution is -2.45. The number of benzene rings is 1. The molecule has 0 amide bonds. The van der Waals surface area contributed by atoms with E-state index < -0.39 is 0 Å². The van der Waals surface area contributed by atoms with Crippen LogP contribution >= 0.6 is 11.8 Å². The predicted molar refractivity (Wildman–Crippen MR) is 93.3 cm³/mol. The van der Waals surface area contributed by atoms with E-state index in [4.69, 9.17) is 10.5 Å². The molecule has 0 saturated carbocycles. The van der Waals surface area contributed by atoms with E-state index in [0.717, 1.165) is 47.6 Å². The Hall–Kier alpha value is -1.99. The first kappa shape index (κ1) is 15.9. The molecule has 0 atom stereocenters. The average Bonchev–Trinajstić information content (AvgIpc) is 2.56. The highest BCUT2D eigenvalue weighted by Crippen LogP contribution is 2.34. The minimum absolute atomic E-state index is 0.598. The number of anilines is 2. The molecule has 0 bridgehead atoms. The molecule has 7 heteroatoms. The van der Waals surface area contributed by atoms with Crippen molar-refractivity contribution in [2.75, 3.05) is 51.0 Å². The van der Waals surface area contributed by atoms with E-state index in [9.17, 15) is 0 Å². The molecule has 2 N–H and O–H groups in total. The number of nitrogens with two attached hydrogens (primary N) is 1. The van der Waals surface area contributed by atoms with Gasteiger partial charge in [-0.3, -0.25) is 0 Å². The van der Waals surface area contributed by atoms with Gasteiger partial charge < -0.3 is 20.3 Å². The van der Waals surface area contributed by atoms with Gasteiger partial charge in [0, 0.05) is 36.8 Å². The fraction of sp³-hybridized carbons (Fsp3) is 0.375. The van der Waals surface area contributed by atoms with Gasteiger partial charge in [-0.2, -0.15) is 4.98 Å². The van der Waals surface area contributed by atoms with E-state index in [-0.39, 0.29) is 0 Å². The number of nitrogens with zero attached hydrogens (tertiary/aromatic N) is 4. The van der Waals surface area contributed by atoms with Gasteiger partial charge in [-0.05, 0) is 25.2 Å². The maximum absolute atomic E-state index is 5.83. The zero-order chi connectivity index (χ0) is 16.2. The molecule has 1 fully saturated rings. The summed E-state index contributed by atoms with van der Waals surface area (Å²) >= 11 is 1.55. The second-order valence-corrected chi connectivity index (χ2v) is 6.62. The summed E-state index contributed by atoms with van der Waals surface area (Å²) < 4.78 is 5.46. The Morgan fingerprint density at radius 2 is 2.00 bits per heavy atom. The zero-order valence-corrected chi connectivity index (χ0v) is 14.2.